The summed E-state index contributed by atoms with van der Waals surface area (Å²) in [5.74, 6) is 0.622. The van der Waals surface area contributed by atoms with Crippen LogP contribution < -0.4 is 5.32 Å². The first-order valence-corrected chi connectivity index (χ1v) is 7.62. The molecule has 4 atom stereocenters. The van der Waals surface area contributed by atoms with E-state index in [0.717, 1.165) is 32.6 Å². The highest BCUT2D eigenvalue weighted by molar-refractivity contribution is 5.76. The van der Waals surface area contributed by atoms with Crippen molar-refractivity contribution in [2.75, 3.05) is 40.4 Å². The Balaban J connectivity index is 1.47. The standard InChI is InChI=1S/C14H25N3O3/c1-16(2)13-12(10-5-9-19-14(10)13)15-11(18)4-7-17-6-3-8-20-17/h10,12-14H,3-9H2,1-2H3,(H,15,18)/t10-,12+,13-,14-/m1/s1. The molecule has 6 heteroatoms. The summed E-state index contributed by atoms with van der Waals surface area (Å²) in [6.45, 7) is 3.24. The van der Waals surface area contributed by atoms with E-state index in [9.17, 15) is 4.79 Å². The number of rotatable bonds is 5. The van der Waals surface area contributed by atoms with Gasteiger partial charge in [0.2, 0.25) is 5.91 Å². The van der Waals surface area contributed by atoms with E-state index < -0.39 is 0 Å². The molecule has 1 amide bonds. The largest absolute Gasteiger partial charge is 0.376 e. The fourth-order valence-electron chi connectivity index (χ4n) is 3.64. The summed E-state index contributed by atoms with van der Waals surface area (Å²) in [5, 5.41) is 5.09. The molecule has 20 heavy (non-hydrogen) atoms. The predicted octanol–water partition coefficient (Wildman–Crippen LogP) is -0.152. The Hall–Kier alpha value is -0.690. The smallest absolute Gasteiger partial charge is 0.221 e. The molecule has 0 aromatic heterocycles. The van der Waals surface area contributed by atoms with Crippen molar-refractivity contribution in [2.24, 2.45) is 5.92 Å². The van der Waals surface area contributed by atoms with Crippen LogP contribution in [0.4, 0.5) is 0 Å². The summed E-state index contributed by atoms with van der Waals surface area (Å²) < 4.78 is 5.76. The average Bonchev–Trinajstić information content (AvgIpc) is 3.02. The second-order valence-corrected chi connectivity index (χ2v) is 6.20. The number of fused-ring (bicyclic) bond motifs is 1. The normalized spacial score (nSPS) is 37.0. The van der Waals surface area contributed by atoms with Crippen LogP contribution in [0.1, 0.15) is 19.3 Å². The molecule has 0 unspecified atom stereocenters. The molecule has 1 saturated carbocycles. The van der Waals surface area contributed by atoms with Crippen LogP contribution in [0.15, 0.2) is 0 Å². The average molecular weight is 283 g/mol. The van der Waals surface area contributed by atoms with Crippen molar-refractivity contribution in [1.82, 2.24) is 15.3 Å². The molecular formula is C14H25N3O3. The summed E-state index contributed by atoms with van der Waals surface area (Å²) in [4.78, 5) is 19.7. The third-order valence-corrected chi connectivity index (χ3v) is 4.69. The molecule has 1 N–H and O–H groups in total. The summed E-state index contributed by atoms with van der Waals surface area (Å²) in [6.07, 6.45) is 2.94. The van der Waals surface area contributed by atoms with Gasteiger partial charge in [-0.3, -0.25) is 9.63 Å². The number of nitrogens with one attached hydrogen (secondary N) is 1. The van der Waals surface area contributed by atoms with Crippen molar-refractivity contribution in [3.8, 4) is 0 Å². The number of carbonyl (C=O) groups is 1. The van der Waals surface area contributed by atoms with Gasteiger partial charge in [-0.2, -0.15) is 5.06 Å². The number of hydrogen-bond donors (Lipinski definition) is 1. The Morgan fingerprint density at radius 3 is 2.95 bits per heavy atom. The van der Waals surface area contributed by atoms with Crippen LogP contribution in [0.3, 0.4) is 0 Å². The van der Waals surface area contributed by atoms with Gasteiger partial charge >= 0.3 is 0 Å². The van der Waals surface area contributed by atoms with E-state index in [1.807, 2.05) is 5.06 Å². The molecule has 114 valence electrons. The van der Waals surface area contributed by atoms with Crippen LogP contribution in [0, 0.1) is 5.92 Å². The highest BCUT2D eigenvalue weighted by Crippen LogP contribution is 2.41. The number of ether oxygens (including phenoxy) is 1. The number of carbonyl (C=O) groups excluding carboxylic acids is 1. The van der Waals surface area contributed by atoms with Crippen LogP contribution in [0.2, 0.25) is 0 Å². The number of amides is 1. The van der Waals surface area contributed by atoms with E-state index in [2.05, 4.69) is 24.3 Å². The van der Waals surface area contributed by atoms with Gasteiger partial charge in [-0.25, -0.2) is 0 Å². The van der Waals surface area contributed by atoms with Crippen molar-refractivity contribution in [2.45, 2.75) is 37.5 Å². The Bertz CT molecular complexity index is 358. The molecule has 0 aromatic rings. The molecule has 0 aromatic carbocycles. The lowest BCUT2D eigenvalue weighted by Crippen LogP contribution is -2.69. The fourth-order valence-corrected chi connectivity index (χ4v) is 3.64. The van der Waals surface area contributed by atoms with Gasteiger partial charge in [0.15, 0.2) is 0 Å². The molecule has 0 radical (unpaired) electrons. The van der Waals surface area contributed by atoms with Crippen molar-refractivity contribution >= 4 is 5.91 Å². The summed E-state index contributed by atoms with van der Waals surface area (Å²) in [7, 11) is 4.11. The minimum atomic E-state index is 0.128. The maximum absolute atomic E-state index is 12.1. The zero-order chi connectivity index (χ0) is 14.1. The highest BCUT2D eigenvalue weighted by atomic mass is 16.7. The topological polar surface area (TPSA) is 54.0 Å². The van der Waals surface area contributed by atoms with Crippen molar-refractivity contribution in [1.29, 1.82) is 0 Å². The van der Waals surface area contributed by atoms with Gasteiger partial charge in [-0.05, 0) is 26.9 Å². The summed E-state index contributed by atoms with van der Waals surface area (Å²) >= 11 is 0. The van der Waals surface area contributed by atoms with Gasteiger partial charge in [0, 0.05) is 32.0 Å². The van der Waals surface area contributed by atoms with Gasteiger partial charge < -0.3 is 15.0 Å². The van der Waals surface area contributed by atoms with Crippen molar-refractivity contribution < 1.29 is 14.4 Å². The van der Waals surface area contributed by atoms with Crippen LogP contribution in [0.25, 0.3) is 0 Å². The van der Waals surface area contributed by atoms with E-state index in [4.69, 9.17) is 9.57 Å². The number of hydrogen-bond acceptors (Lipinski definition) is 5. The van der Waals surface area contributed by atoms with E-state index in [-0.39, 0.29) is 11.9 Å². The SMILES string of the molecule is CN(C)[C@@H]1[C@@H](NC(=O)CCN2CCCO2)[C@H]2CCO[C@H]21. The zero-order valence-electron chi connectivity index (χ0n) is 12.4. The number of likely N-dealkylation sites (N-methyl/N-ethyl adjacent to an activating group) is 1. The van der Waals surface area contributed by atoms with Crippen LogP contribution in [-0.4, -0.2) is 74.5 Å². The molecular weight excluding hydrogens is 258 g/mol. The molecule has 2 aliphatic heterocycles. The first kappa shape index (κ1) is 14.3. The lowest BCUT2D eigenvalue weighted by molar-refractivity contribution is -0.135. The minimum absolute atomic E-state index is 0.128. The third kappa shape index (κ3) is 2.70. The molecule has 3 rings (SSSR count). The molecule has 2 saturated heterocycles. The molecule has 0 spiro atoms. The maximum Gasteiger partial charge on any atom is 0.221 e. The maximum atomic E-state index is 12.1. The number of hydroxylamine groups is 2. The monoisotopic (exact) mass is 283 g/mol. The van der Waals surface area contributed by atoms with E-state index >= 15 is 0 Å². The van der Waals surface area contributed by atoms with Gasteiger partial charge in [0.25, 0.3) is 0 Å². The first-order chi connectivity index (χ1) is 9.66. The Morgan fingerprint density at radius 1 is 1.40 bits per heavy atom. The van der Waals surface area contributed by atoms with Crippen LogP contribution in [0.5, 0.6) is 0 Å². The number of nitrogens with zero attached hydrogens (tertiary/aromatic N) is 2. The van der Waals surface area contributed by atoms with Gasteiger partial charge in [0.1, 0.15) is 0 Å². The lowest BCUT2D eigenvalue weighted by atomic mass is 9.71. The van der Waals surface area contributed by atoms with Crippen molar-refractivity contribution in [3.63, 3.8) is 0 Å². The lowest BCUT2D eigenvalue weighted by Gasteiger charge is -2.50. The molecule has 3 fully saturated rings. The molecule has 6 nitrogen and oxygen atoms in total. The van der Waals surface area contributed by atoms with Crippen LogP contribution >= 0.6 is 0 Å². The van der Waals surface area contributed by atoms with E-state index in [1.165, 1.54) is 0 Å². The second-order valence-electron chi connectivity index (χ2n) is 6.20. The second kappa shape index (κ2) is 5.97. The van der Waals surface area contributed by atoms with Gasteiger partial charge in [0.05, 0.1) is 24.8 Å². The van der Waals surface area contributed by atoms with Gasteiger partial charge in [-0.15, -0.1) is 0 Å². The molecule has 3 aliphatic rings. The zero-order valence-corrected chi connectivity index (χ0v) is 12.4. The highest BCUT2D eigenvalue weighted by Gasteiger charge is 2.55. The van der Waals surface area contributed by atoms with E-state index in [0.29, 0.717) is 31.0 Å². The third-order valence-electron chi connectivity index (χ3n) is 4.69. The fraction of sp³-hybridized carbons (Fsp3) is 0.929. The van der Waals surface area contributed by atoms with Crippen LogP contribution in [-0.2, 0) is 14.4 Å². The molecule has 1 aliphatic carbocycles. The molecule has 0 bridgehead atoms. The Kier molecular flexibility index (Phi) is 4.26. The minimum Gasteiger partial charge on any atom is -0.376 e. The van der Waals surface area contributed by atoms with Gasteiger partial charge in [-0.1, -0.05) is 0 Å². The molecule has 2 heterocycles. The predicted molar refractivity (Wildman–Crippen MR) is 74.0 cm³/mol. The quantitative estimate of drug-likeness (QED) is 0.760. The summed E-state index contributed by atoms with van der Waals surface area (Å²) in [5.41, 5.74) is 0. The first-order valence-electron chi connectivity index (χ1n) is 7.62. The Labute approximate surface area is 120 Å². The Morgan fingerprint density at radius 2 is 2.25 bits per heavy atom. The summed E-state index contributed by atoms with van der Waals surface area (Å²) in [6, 6.07) is 0.555. The van der Waals surface area contributed by atoms with Crippen molar-refractivity contribution in [3.05, 3.63) is 0 Å². The van der Waals surface area contributed by atoms with E-state index in [1.54, 1.807) is 0 Å².